The van der Waals surface area contributed by atoms with Crippen LogP contribution >= 0.6 is 0 Å². The van der Waals surface area contributed by atoms with E-state index >= 15 is 0 Å². The van der Waals surface area contributed by atoms with Gasteiger partial charge in [-0.3, -0.25) is 0 Å². The third-order valence-corrected chi connectivity index (χ3v) is 3.49. The van der Waals surface area contributed by atoms with Crippen molar-refractivity contribution in [2.75, 3.05) is 19.6 Å². The van der Waals surface area contributed by atoms with Gasteiger partial charge in [0, 0.05) is 19.1 Å². The average Bonchev–Trinajstić information content (AvgIpc) is 2.29. The first kappa shape index (κ1) is 12.5. The number of benzene rings is 1. The molecule has 1 fully saturated rings. The minimum Gasteiger partial charge on any atom is -0.323 e. The molecule has 0 aliphatic carbocycles. The van der Waals surface area contributed by atoms with Crippen LogP contribution in [0.25, 0.3) is 0 Å². The molecule has 1 aromatic rings. The van der Waals surface area contributed by atoms with Crippen LogP contribution in [0.5, 0.6) is 0 Å². The summed E-state index contributed by atoms with van der Waals surface area (Å²) in [6.07, 6.45) is 2.58. The van der Waals surface area contributed by atoms with Gasteiger partial charge in [-0.15, -0.1) is 0 Å². The first-order valence-corrected chi connectivity index (χ1v) is 6.38. The SMILES string of the molecule is CC1CCCN(CC(N)c2ccc(F)cc2)C1. The molecule has 0 aromatic heterocycles. The zero-order valence-electron chi connectivity index (χ0n) is 10.4. The van der Waals surface area contributed by atoms with Gasteiger partial charge in [-0.25, -0.2) is 4.39 Å². The molecule has 2 nitrogen and oxygen atoms in total. The van der Waals surface area contributed by atoms with E-state index in [-0.39, 0.29) is 11.9 Å². The molecular formula is C14H21FN2. The van der Waals surface area contributed by atoms with Crippen LogP contribution < -0.4 is 5.73 Å². The third kappa shape index (κ3) is 3.51. The Hall–Kier alpha value is -0.930. The van der Waals surface area contributed by atoms with E-state index in [0.717, 1.165) is 31.1 Å². The number of likely N-dealkylation sites (tertiary alicyclic amines) is 1. The number of piperidine rings is 1. The number of hydrogen-bond acceptors (Lipinski definition) is 2. The van der Waals surface area contributed by atoms with Gasteiger partial charge < -0.3 is 10.6 Å². The van der Waals surface area contributed by atoms with Crippen LogP contribution in [0.1, 0.15) is 31.4 Å². The first-order chi connectivity index (χ1) is 8.15. The molecule has 1 aliphatic rings. The van der Waals surface area contributed by atoms with Gasteiger partial charge in [0.1, 0.15) is 5.82 Å². The number of hydrogen-bond donors (Lipinski definition) is 1. The Morgan fingerprint density at radius 3 is 2.76 bits per heavy atom. The van der Waals surface area contributed by atoms with E-state index in [1.54, 1.807) is 12.1 Å². The highest BCUT2D eigenvalue weighted by molar-refractivity contribution is 5.19. The van der Waals surface area contributed by atoms with Crippen molar-refractivity contribution in [2.45, 2.75) is 25.8 Å². The molecule has 2 rings (SSSR count). The topological polar surface area (TPSA) is 29.3 Å². The van der Waals surface area contributed by atoms with E-state index < -0.39 is 0 Å². The van der Waals surface area contributed by atoms with E-state index in [9.17, 15) is 4.39 Å². The summed E-state index contributed by atoms with van der Waals surface area (Å²) in [5, 5.41) is 0. The molecule has 1 heterocycles. The van der Waals surface area contributed by atoms with Crippen LogP contribution in [0.4, 0.5) is 4.39 Å². The van der Waals surface area contributed by atoms with Gasteiger partial charge in [0.15, 0.2) is 0 Å². The maximum Gasteiger partial charge on any atom is 0.123 e. The van der Waals surface area contributed by atoms with Gasteiger partial charge >= 0.3 is 0 Å². The van der Waals surface area contributed by atoms with E-state index in [4.69, 9.17) is 5.73 Å². The third-order valence-electron chi connectivity index (χ3n) is 3.49. The Morgan fingerprint density at radius 2 is 2.12 bits per heavy atom. The molecule has 17 heavy (non-hydrogen) atoms. The second-order valence-electron chi connectivity index (χ2n) is 5.17. The molecule has 1 aliphatic heterocycles. The maximum absolute atomic E-state index is 12.8. The lowest BCUT2D eigenvalue weighted by atomic mass is 9.99. The second-order valence-corrected chi connectivity index (χ2v) is 5.17. The van der Waals surface area contributed by atoms with Crippen LogP contribution in [-0.4, -0.2) is 24.5 Å². The highest BCUT2D eigenvalue weighted by Gasteiger charge is 2.18. The molecule has 1 aromatic carbocycles. The van der Waals surface area contributed by atoms with E-state index in [1.807, 2.05) is 0 Å². The van der Waals surface area contributed by atoms with Gasteiger partial charge in [0.05, 0.1) is 0 Å². The highest BCUT2D eigenvalue weighted by Crippen LogP contribution is 2.19. The van der Waals surface area contributed by atoms with Crippen molar-refractivity contribution in [3.63, 3.8) is 0 Å². The normalized spacial score (nSPS) is 23.6. The van der Waals surface area contributed by atoms with Gasteiger partial charge in [-0.1, -0.05) is 19.1 Å². The zero-order valence-corrected chi connectivity index (χ0v) is 10.4. The largest absolute Gasteiger partial charge is 0.323 e. The zero-order chi connectivity index (χ0) is 12.3. The van der Waals surface area contributed by atoms with Crippen LogP contribution in [0.3, 0.4) is 0 Å². The van der Waals surface area contributed by atoms with Crippen molar-refractivity contribution in [3.8, 4) is 0 Å². The minimum atomic E-state index is -0.201. The number of nitrogens with zero attached hydrogens (tertiary/aromatic N) is 1. The summed E-state index contributed by atoms with van der Waals surface area (Å²) in [7, 11) is 0. The van der Waals surface area contributed by atoms with Crippen LogP contribution in [0.15, 0.2) is 24.3 Å². The van der Waals surface area contributed by atoms with Gasteiger partial charge in [0.25, 0.3) is 0 Å². The Balaban J connectivity index is 1.91. The van der Waals surface area contributed by atoms with Gasteiger partial charge in [-0.05, 0) is 43.0 Å². The van der Waals surface area contributed by atoms with Crippen LogP contribution in [0.2, 0.25) is 0 Å². The summed E-state index contributed by atoms with van der Waals surface area (Å²) in [5.74, 6) is 0.566. The van der Waals surface area contributed by atoms with Gasteiger partial charge in [0.2, 0.25) is 0 Å². The van der Waals surface area contributed by atoms with Crippen molar-refractivity contribution in [1.29, 1.82) is 0 Å². The van der Waals surface area contributed by atoms with E-state index in [0.29, 0.717) is 0 Å². The number of halogens is 1. The molecule has 0 saturated carbocycles. The average molecular weight is 236 g/mol. The van der Waals surface area contributed by atoms with Crippen molar-refractivity contribution in [1.82, 2.24) is 4.90 Å². The number of nitrogens with two attached hydrogens (primary N) is 1. The summed E-state index contributed by atoms with van der Waals surface area (Å²) in [6, 6.07) is 6.52. The summed E-state index contributed by atoms with van der Waals surface area (Å²) in [6.45, 7) is 5.43. The lowest BCUT2D eigenvalue weighted by molar-refractivity contribution is 0.174. The van der Waals surface area contributed by atoms with Crippen LogP contribution in [-0.2, 0) is 0 Å². The van der Waals surface area contributed by atoms with Crippen molar-refractivity contribution < 1.29 is 4.39 Å². The van der Waals surface area contributed by atoms with E-state index in [2.05, 4.69) is 11.8 Å². The molecule has 94 valence electrons. The summed E-state index contributed by atoms with van der Waals surface area (Å²) in [4.78, 5) is 2.42. The molecule has 0 radical (unpaired) electrons. The lowest BCUT2D eigenvalue weighted by Gasteiger charge is -2.32. The summed E-state index contributed by atoms with van der Waals surface area (Å²) < 4.78 is 12.8. The molecule has 2 N–H and O–H groups in total. The van der Waals surface area contributed by atoms with Gasteiger partial charge in [-0.2, -0.15) is 0 Å². The molecule has 1 saturated heterocycles. The predicted molar refractivity (Wildman–Crippen MR) is 68.2 cm³/mol. The highest BCUT2D eigenvalue weighted by atomic mass is 19.1. The number of rotatable bonds is 3. The van der Waals surface area contributed by atoms with Crippen LogP contribution in [0, 0.1) is 11.7 Å². The predicted octanol–water partition coefficient (Wildman–Crippen LogP) is 2.56. The molecular weight excluding hydrogens is 215 g/mol. The molecule has 0 bridgehead atoms. The monoisotopic (exact) mass is 236 g/mol. The fraction of sp³-hybridized carbons (Fsp3) is 0.571. The first-order valence-electron chi connectivity index (χ1n) is 6.38. The Bertz CT molecular complexity index is 350. The summed E-state index contributed by atoms with van der Waals surface area (Å²) in [5.41, 5.74) is 7.18. The quantitative estimate of drug-likeness (QED) is 0.874. The van der Waals surface area contributed by atoms with E-state index in [1.165, 1.54) is 25.0 Å². The Kier molecular flexibility index (Phi) is 4.13. The molecule has 2 unspecified atom stereocenters. The lowest BCUT2D eigenvalue weighted by Crippen LogP contribution is -2.39. The molecule has 0 amide bonds. The fourth-order valence-corrected chi connectivity index (χ4v) is 2.55. The Morgan fingerprint density at radius 1 is 1.41 bits per heavy atom. The molecule has 2 atom stereocenters. The fourth-order valence-electron chi connectivity index (χ4n) is 2.55. The minimum absolute atomic E-state index is 0.0131. The van der Waals surface area contributed by atoms with Crippen molar-refractivity contribution >= 4 is 0 Å². The molecule has 0 spiro atoms. The standard InChI is InChI=1S/C14H21FN2/c1-11-3-2-8-17(9-11)10-14(16)12-4-6-13(15)7-5-12/h4-7,11,14H,2-3,8-10,16H2,1H3. The van der Waals surface area contributed by atoms with Crippen molar-refractivity contribution in [2.24, 2.45) is 11.7 Å². The maximum atomic E-state index is 12.8. The van der Waals surface area contributed by atoms with Crippen molar-refractivity contribution in [3.05, 3.63) is 35.6 Å². The summed E-state index contributed by atoms with van der Waals surface area (Å²) >= 11 is 0. The smallest absolute Gasteiger partial charge is 0.123 e. The Labute approximate surface area is 103 Å². The molecule has 3 heteroatoms. The second kappa shape index (κ2) is 5.61.